The Bertz CT molecular complexity index is 868. The smallest absolute Gasteiger partial charge is 0.293 e. The van der Waals surface area contributed by atoms with Gasteiger partial charge in [0.1, 0.15) is 5.75 Å². The van der Waals surface area contributed by atoms with Crippen molar-refractivity contribution in [3.05, 3.63) is 71.1 Å². The Morgan fingerprint density at radius 2 is 1.71 bits per heavy atom. The highest BCUT2D eigenvalue weighted by Gasteiger charge is 2.34. The number of amides is 3. The average molecular weight is 396 g/mol. The van der Waals surface area contributed by atoms with E-state index >= 15 is 0 Å². The third-order valence-electron chi connectivity index (χ3n) is 3.97. The predicted octanol–water partition coefficient (Wildman–Crippen LogP) is 3.31. The first-order valence-corrected chi connectivity index (χ1v) is 9.70. The molecule has 0 radical (unpaired) electrons. The van der Waals surface area contributed by atoms with Crippen molar-refractivity contribution in [2.24, 2.45) is 0 Å². The zero-order valence-electron chi connectivity index (χ0n) is 15.2. The van der Waals surface area contributed by atoms with Crippen molar-refractivity contribution >= 4 is 34.9 Å². The van der Waals surface area contributed by atoms with E-state index < -0.39 is 0 Å². The van der Waals surface area contributed by atoms with Gasteiger partial charge in [0.25, 0.3) is 11.1 Å². The summed E-state index contributed by atoms with van der Waals surface area (Å²) < 4.78 is 5.47. The summed E-state index contributed by atoms with van der Waals surface area (Å²) >= 11 is 0.913. The molecule has 28 heavy (non-hydrogen) atoms. The molecular weight excluding hydrogens is 376 g/mol. The van der Waals surface area contributed by atoms with Crippen LogP contribution in [0, 0.1) is 0 Å². The van der Waals surface area contributed by atoms with Crippen LogP contribution in [0.15, 0.2) is 65.6 Å². The van der Waals surface area contributed by atoms with Crippen molar-refractivity contribution in [3.8, 4) is 5.75 Å². The van der Waals surface area contributed by atoms with E-state index in [2.05, 4.69) is 5.32 Å². The van der Waals surface area contributed by atoms with Crippen LogP contribution in [0.4, 0.5) is 4.79 Å². The molecule has 2 aromatic carbocycles. The molecule has 1 fully saturated rings. The van der Waals surface area contributed by atoms with Crippen LogP contribution in [0.5, 0.6) is 5.75 Å². The highest BCUT2D eigenvalue weighted by Crippen LogP contribution is 2.31. The Hall–Kier alpha value is -3.06. The van der Waals surface area contributed by atoms with Gasteiger partial charge in [-0.2, -0.15) is 0 Å². The fraction of sp³-hybridized carbons (Fsp3) is 0.190. The molecule has 1 heterocycles. The van der Waals surface area contributed by atoms with E-state index in [4.69, 9.17) is 4.74 Å². The normalized spacial score (nSPS) is 15.1. The van der Waals surface area contributed by atoms with Gasteiger partial charge in [-0.3, -0.25) is 19.3 Å². The molecule has 1 N–H and O–H groups in total. The van der Waals surface area contributed by atoms with Crippen molar-refractivity contribution in [2.45, 2.75) is 6.42 Å². The molecule has 3 rings (SSSR count). The van der Waals surface area contributed by atoms with E-state index in [-0.39, 0.29) is 43.2 Å². The van der Waals surface area contributed by atoms with Crippen molar-refractivity contribution in [3.63, 3.8) is 0 Å². The fourth-order valence-corrected chi connectivity index (χ4v) is 3.43. The van der Waals surface area contributed by atoms with Gasteiger partial charge in [0.15, 0.2) is 0 Å². The van der Waals surface area contributed by atoms with Gasteiger partial charge in [0.05, 0.1) is 17.9 Å². The molecule has 0 aromatic heterocycles. The predicted molar refractivity (Wildman–Crippen MR) is 109 cm³/mol. The van der Waals surface area contributed by atoms with E-state index in [1.165, 1.54) is 0 Å². The monoisotopic (exact) mass is 396 g/mol. The Balaban J connectivity index is 1.41. The maximum absolute atomic E-state index is 12.4. The number of rotatable bonds is 8. The molecular formula is C21H20N2O4S. The van der Waals surface area contributed by atoms with Crippen LogP contribution in [0.3, 0.4) is 0 Å². The van der Waals surface area contributed by atoms with E-state index in [0.29, 0.717) is 10.7 Å². The number of imide groups is 1. The summed E-state index contributed by atoms with van der Waals surface area (Å²) in [6, 6.07) is 18.6. The van der Waals surface area contributed by atoms with Gasteiger partial charge in [-0.25, -0.2) is 0 Å². The van der Waals surface area contributed by atoms with Crippen LogP contribution in [-0.2, 0) is 9.59 Å². The number of hydrogen-bond donors (Lipinski definition) is 1. The van der Waals surface area contributed by atoms with Crippen LogP contribution >= 0.6 is 11.8 Å². The summed E-state index contributed by atoms with van der Waals surface area (Å²) in [6.45, 7) is 0.611. The van der Waals surface area contributed by atoms with Crippen LogP contribution in [0.1, 0.15) is 12.0 Å². The minimum absolute atomic E-state index is 0.141. The Labute approximate surface area is 167 Å². The number of carbonyl (C=O) groups excluding carboxylic acids is 3. The highest BCUT2D eigenvalue weighted by atomic mass is 32.2. The molecule has 1 aliphatic heterocycles. The van der Waals surface area contributed by atoms with Crippen LogP contribution in [0.2, 0.25) is 0 Å². The first-order valence-electron chi connectivity index (χ1n) is 8.88. The topological polar surface area (TPSA) is 75.7 Å². The van der Waals surface area contributed by atoms with Gasteiger partial charge in [0, 0.05) is 13.1 Å². The molecule has 3 amide bonds. The van der Waals surface area contributed by atoms with Crippen LogP contribution < -0.4 is 10.1 Å². The molecule has 144 valence electrons. The second kappa shape index (κ2) is 9.75. The maximum Gasteiger partial charge on any atom is 0.293 e. The zero-order valence-corrected chi connectivity index (χ0v) is 16.0. The lowest BCUT2D eigenvalue weighted by molar-refractivity contribution is -0.124. The summed E-state index contributed by atoms with van der Waals surface area (Å²) in [6.07, 6.45) is 1.90. The standard InChI is InChI=1S/C21H20N2O4S/c24-19(11-14-27-17-9-5-2-6-10-17)22-12-13-23-20(25)18(28-21(23)26)15-16-7-3-1-4-8-16/h1-10,15H,11-14H2,(H,22,24)/b18-15-. The fourth-order valence-electron chi connectivity index (χ4n) is 2.57. The van der Waals surface area contributed by atoms with Gasteiger partial charge < -0.3 is 10.1 Å². The second-order valence-corrected chi connectivity index (χ2v) is 7.00. The van der Waals surface area contributed by atoms with Crippen molar-refractivity contribution in [1.82, 2.24) is 10.2 Å². The number of para-hydroxylation sites is 1. The molecule has 0 aliphatic carbocycles. The largest absolute Gasteiger partial charge is 0.493 e. The van der Waals surface area contributed by atoms with E-state index in [9.17, 15) is 14.4 Å². The highest BCUT2D eigenvalue weighted by molar-refractivity contribution is 8.18. The molecule has 1 saturated heterocycles. The van der Waals surface area contributed by atoms with Crippen molar-refractivity contribution in [1.29, 1.82) is 0 Å². The van der Waals surface area contributed by atoms with Crippen molar-refractivity contribution in [2.75, 3.05) is 19.7 Å². The lowest BCUT2D eigenvalue weighted by Crippen LogP contribution is -2.37. The summed E-state index contributed by atoms with van der Waals surface area (Å²) in [5.41, 5.74) is 0.861. The first kappa shape index (κ1) is 19.7. The summed E-state index contributed by atoms with van der Waals surface area (Å²) in [5.74, 6) is 0.182. The van der Waals surface area contributed by atoms with Crippen LogP contribution in [0.25, 0.3) is 6.08 Å². The van der Waals surface area contributed by atoms with Gasteiger partial charge in [0.2, 0.25) is 5.91 Å². The molecule has 0 atom stereocenters. The van der Waals surface area contributed by atoms with Gasteiger partial charge in [-0.05, 0) is 35.5 Å². The van der Waals surface area contributed by atoms with E-state index in [1.54, 1.807) is 6.08 Å². The van der Waals surface area contributed by atoms with Crippen molar-refractivity contribution < 1.29 is 19.1 Å². The third-order valence-corrected chi connectivity index (χ3v) is 4.88. The van der Waals surface area contributed by atoms with E-state index in [1.807, 2.05) is 60.7 Å². The first-order chi connectivity index (χ1) is 13.6. The lowest BCUT2D eigenvalue weighted by atomic mass is 10.2. The number of hydrogen-bond acceptors (Lipinski definition) is 5. The number of carbonyl (C=O) groups is 3. The maximum atomic E-state index is 12.4. The quantitative estimate of drug-likeness (QED) is 0.693. The third kappa shape index (κ3) is 5.47. The van der Waals surface area contributed by atoms with Gasteiger partial charge in [-0.1, -0.05) is 48.5 Å². The number of nitrogens with zero attached hydrogens (tertiary/aromatic N) is 1. The average Bonchev–Trinajstić information content (AvgIpc) is 2.97. The molecule has 0 unspecified atom stereocenters. The van der Waals surface area contributed by atoms with Crippen LogP contribution in [-0.4, -0.2) is 41.6 Å². The Morgan fingerprint density at radius 1 is 1.04 bits per heavy atom. The molecule has 2 aromatic rings. The molecule has 0 bridgehead atoms. The van der Waals surface area contributed by atoms with Gasteiger partial charge in [-0.15, -0.1) is 0 Å². The van der Waals surface area contributed by atoms with E-state index in [0.717, 1.165) is 22.2 Å². The zero-order chi connectivity index (χ0) is 19.8. The number of thioether (sulfide) groups is 1. The lowest BCUT2D eigenvalue weighted by Gasteiger charge is -2.13. The number of nitrogens with one attached hydrogen (secondary N) is 1. The minimum Gasteiger partial charge on any atom is -0.493 e. The molecule has 7 heteroatoms. The number of ether oxygens (including phenoxy) is 1. The molecule has 1 aliphatic rings. The molecule has 6 nitrogen and oxygen atoms in total. The number of benzene rings is 2. The van der Waals surface area contributed by atoms with Gasteiger partial charge >= 0.3 is 0 Å². The minimum atomic E-state index is -0.333. The molecule has 0 spiro atoms. The Kier molecular flexibility index (Phi) is 6.86. The summed E-state index contributed by atoms with van der Waals surface area (Å²) in [4.78, 5) is 37.9. The molecule has 0 saturated carbocycles. The summed E-state index contributed by atoms with van der Waals surface area (Å²) in [7, 11) is 0. The second-order valence-electron chi connectivity index (χ2n) is 6.01. The summed E-state index contributed by atoms with van der Waals surface area (Å²) in [5, 5.41) is 2.38. The Morgan fingerprint density at radius 3 is 2.43 bits per heavy atom. The SMILES string of the molecule is O=C(CCOc1ccccc1)NCCN1C(=O)S/C(=C\c2ccccc2)C1=O.